The maximum Gasteiger partial charge on any atom is 0.394 e. The first-order valence-electron chi connectivity index (χ1n) is 3.92. The Morgan fingerprint density at radius 2 is 1.07 bits per heavy atom. The van der Waals surface area contributed by atoms with E-state index in [1.165, 1.54) is 0 Å². The lowest BCUT2D eigenvalue weighted by Gasteiger charge is -1.71. The normalized spacial score (nSPS) is 9.07. The molecule has 0 spiro atoms. The predicted octanol–water partition coefficient (Wildman–Crippen LogP) is -0.0288. The second-order valence-corrected chi connectivity index (χ2v) is 3.01. The second-order valence-electron chi connectivity index (χ2n) is 2.11. The molecule has 0 radical (unpaired) electrons. The van der Waals surface area contributed by atoms with E-state index in [-0.39, 0.29) is 6.61 Å². The Balaban J connectivity index is 0. The molecular weight excluding hydrogens is 222 g/mol. The predicted molar refractivity (Wildman–Crippen MR) is 56.8 cm³/mol. The second kappa shape index (κ2) is 11.1. The molecule has 0 aliphatic heterocycles. The van der Waals surface area contributed by atoms with Crippen molar-refractivity contribution in [2.75, 3.05) is 13.2 Å². The Morgan fingerprint density at radius 3 is 1.13 bits per heavy atom. The Hall–Kier alpha value is -0.990. The van der Waals surface area contributed by atoms with Crippen molar-refractivity contribution in [3.05, 3.63) is 36.4 Å². The van der Waals surface area contributed by atoms with Crippen LogP contribution < -0.4 is 5.73 Å². The van der Waals surface area contributed by atoms with Gasteiger partial charge in [-0.3, -0.25) is 9.11 Å². The molecule has 0 aromatic heterocycles. The molecule has 0 saturated carbocycles. The van der Waals surface area contributed by atoms with Crippen LogP contribution >= 0.6 is 0 Å². The van der Waals surface area contributed by atoms with Crippen molar-refractivity contribution in [2.24, 2.45) is 5.73 Å². The Bertz CT molecular complexity index is 263. The highest BCUT2D eigenvalue weighted by molar-refractivity contribution is 7.79. The molecule has 6 nitrogen and oxygen atoms in total. The van der Waals surface area contributed by atoms with Gasteiger partial charge in [-0.2, -0.15) is 8.42 Å². The Labute approximate surface area is 88.9 Å². The van der Waals surface area contributed by atoms with E-state index in [9.17, 15) is 0 Å². The molecule has 0 unspecified atom stereocenters. The first kappa shape index (κ1) is 16.4. The standard InChI is InChI=1S/C6H6.C2H7NO.H2O4S/c1-2-4-6-5-3-1;3-1-2-4;1-5(2,3)4/h1-6H;4H,1-3H2;(H2,1,2,3,4). The van der Waals surface area contributed by atoms with Crippen LogP contribution in [0.25, 0.3) is 0 Å². The maximum absolute atomic E-state index is 8.74. The van der Waals surface area contributed by atoms with Crippen LogP contribution in [0.4, 0.5) is 0 Å². The molecule has 0 heterocycles. The third-order valence-electron chi connectivity index (χ3n) is 0.796. The third kappa shape index (κ3) is 43.7. The quantitative estimate of drug-likeness (QED) is 0.509. The number of rotatable bonds is 1. The summed E-state index contributed by atoms with van der Waals surface area (Å²) in [4.78, 5) is 0. The topological polar surface area (TPSA) is 121 Å². The van der Waals surface area contributed by atoms with Gasteiger partial charge in [0.05, 0.1) is 6.61 Å². The fraction of sp³-hybridized carbons (Fsp3) is 0.250. The van der Waals surface area contributed by atoms with Gasteiger partial charge < -0.3 is 10.8 Å². The van der Waals surface area contributed by atoms with Crippen LogP contribution in [0.2, 0.25) is 0 Å². The molecule has 88 valence electrons. The minimum absolute atomic E-state index is 0.0972. The van der Waals surface area contributed by atoms with E-state index in [4.69, 9.17) is 28.4 Å². The van der Waals surface area contributed by atoms with E-state index in [0.29, 0.717) is 6.54 Å². The number of aliphatic hydroxyl groups excluding tert-OH is 1. The van der Waals surface area contributed by atoms with Gasteiger partial charge in [-0.05, 0) is 0 Å². The zero-order valence-electron chi connectivity index (χ0n) is 8.02. The molecule has 0 aliphatic carbocycles. The van der Waals surface area contributed by atoms with Crippen LogP contribution in [0, 0.1) is 0 Å². The summed E-state index contributed by atoms with van der Waals surface area (Å²) in [7, 11) is -4.67. The minimum Gasteiger partial charge on any atom is -0.395 e. The molecule has 0 bridgehead atoms. The van der Waals surface area contributed by atoms with Crippen molar-refractivity contribution in [3.63, 3.8) is 0 Å². The zero-order valence-corrected chi connectivity index (χ0v) is 8.84. The van der Waals surface area contributed by atoms with Crippen LogP contribution in [0.15, 0.2) is 36.4 Å². The molecule has 7 heteroatoms. The molecule has 0 aliphatic rings. The van der Waals surface area contributed by atoms with Crippen molar-refractivity contribution in [1.29, 1.82) is 0 Å². The fourth-order valence-electron chi connectivity index (χ4n) is 0.385. The molecule has 5 N–H and O–H groups in total. The SMILES string of the molecule is NCCO.O=S(=O)(O)O.c1ccccc1. The van der Waals surface area contributed by atoms with E-state index in [1.807, 2.05) is 36.4 Å². The van der Waals surface area contributed by atoms with Crippen LogP contribution in [0.5, 0.6) is 0 Å². The molecule has 0 amide bonds. The van der Waals surface area contributed by atoms with Crippen molar-refractivity contribution in [3.8, 4) is 0 Å². The maximum atomic E-state index is 8.74. The summed E-state index contributed by atoms with van der Waals surface area (Å²) in [5, 5.41) is 7.75. The Kier molecular flexibility index (Phi) is 12.2. The van der Waals surface area contributed by atoms with Crippen LogP contribution in [-0.4, -0.2) is 35.8 Å². The third-order valence-corrected chi connectivity index (χ3v) is 0.796. The minimum atomic E-state index is -4.67. The van der Waals surface area contributed by atoms with Gasteiger partial charge in [-0.1, -0.05) is 36.4 Å². The largest absolute Gasteiger partial charge is 0.395 e. The van der Waals surface area contributed by atoms with Crippen molar-refractivity contribution >= 4 is 10.4 Å². The summed E-state index contributed by atoms with van der Waals surface area (Å²) in [5.41, 5.74) is 4.78. The van der Waals surface area contributed by atoms with Gasteiger partial charge in [-0.15, -0.1) is 0 Å². The molecule has 1 aromatic carbocycles. The van der Waals surface area contributed by atoms with E-state index < -0.39 is 10.4 Å². The highest BCUT2D eigenvalue weighted by Crippen LogP contribution is 1.79. The fourth-order valence-corrected chi connectivity index (χ4v) is 0.385. The molecule has 0 fully saturated rings. The average Bonchev–Trinajstić information content (AvgIpc) is 2.18. The highest BCUT2D eigenvalue weighted by Gasteiger charge is 1.84. The van der Waals surface area contributed by atoms with Gasteiger partial charge >= 0.3 is 10.4 Å². The number of hydrogen-bond donors (Lipinski definition) is 4. The molecule has 0 saturated heterocycles. The summed E-state index contributed by atoms with van der Waals surface area (Å²) in [6, 6.07) is 12.0. The molecule has 0 atom stereocenters. The smallest absolute Gasteiger partial charge is 0.394 e. The first-order chi connectivity index (χ1) is 6.91. The van der Waals surface area contributed by atoms with Crippen LogP contribution in [0.3, 0.4) is 0 Å². The number of hydrogen-bond acceptors (Lipinski definition) is 4. The highest BCUT2D eigenvalue weighted by atomic mass is 32.3. The van der Waals surface area contributed by atoms with Crippen LogP contribution in [0.1, 0.15) is 0 Å². The van der Waals surface area contributed by atoms with Gasteiger partial charge in [0.25, 0.3) is 0 Å². The van der Waals surface area contributed by atoms with E-state index in [1.54, 1.807) is 0 Å². The van der Waals surface area contributed by atoms with Gasteiger partial charge in [0, 0.05) is 6.54 Å². The van der Waals surface area contributed by atoms with Gasteiger partial charge in [0.15, 0.2) is 0 Å². The lowest BCUT2D eigenvalue weighted by atomic mass is 10.4. The van der Waals surface area contributed by atoms with Crippen LogP contribution in [-0.2, 0) is 10.4 Å². The summed E-state index contributed by atoms with van der Waals surface area (Å²) in [6.45, 7) is 0.472. The number of nitrogens with two attached hydrogens (primary N) is 1. The van der Waals surface area contributed by atoms with Crippen molar-refractivity contribution in [1.82, 2.24) is 0 Å². The Morgan fingerprint density at radius 1 is 0.933 bits per heavy atom. The van der Waals surface area contributed by atoms with E-state index >= 15 is 0 Å². The molecule has 1 rings (SSSR count). The molecule has 1 aromatic rings. The van der Waals surface area contributed by atoms with Gasteiger partial charge in [0.1, 0.15) is 0 Å². The number of aliphatic hydroxyl groups is 1. The zero-order chi connectivity index (χ0) is 12.2. The lowest BCUT2D eigenvalue weighted by Crippen LogP contribution is -2.02. The van der Waals surface area contributed by atoms with Crippen molar-refractivity contribution in [2.45, 2.75) is 0 Å². The van der Waals surface area contributed by atoms with Gasteiger partial charge in [-0.25, -0.2) is 0 Å². The molecular formula is C8H15NO5S. The van der Waals surface area contributed by atoms with Crippen molar-refractivity contribution < 1.29 is 22.6 Å². The summed E-state index contributed by atoms with van der Waals surface area (Å²) < 4.78 is 31.6. The summed E-state index contributed by atoms with van der Waals surface area (Å²) in [5.74, 6) is 0. The average molecular weight is 237 g/mol. The summed E-state index contributed by atoms with van der Waals surface area (Å²) >= 11 is 0. The molecule has 15 heavy (non-hydrogen) atoms. The number of benzene rings is 1. The lowest BCUT2D eigenvalue weighted by molar-refractivity contribution is 0.306. The van der Waals surface area contributed by atoms with E-state index in [2.05, 4.69) is 0 Å². The summed E-state index contributed by atoms with van der Waals surface area (Å²) in [6.07, 6.45) is 0. The van der Waals surface area contributed by atoms with Gasteiger partial charge in [0.2, 0.25) is 0 Å². The monoisotopic (exact) mass is 237 g/mol. The first-order valence-corrected chi connectivity index (χ1v) is 5.32. The van der Waals surface area contributed by atoms with E-state index in [0.717, 1.165) is 0 Å².